The second-order valence-corrected chi connectivity index (χ2v) is 5.50. The van der Waals surface area contributed by atoms with Crippen LogP contribution in [0.3, 0.4) is 0 Å². The van der Waals surface area contributed by atoms with E-state index in [0.717, 1.165) is 5.56 Å². The summed E-state index contributed by atoms with van der Waals surface area (Å²) < 4.78 is 0. The minimum atomic E-state index is -0.0575. The molecule has 0 aliphatic carbocycles. The van der Waals surface area contributed by atoms with Crippen molar-refractivity contribution in [1.82, 2.24) is 10.2 Å². The van der Waals surface area contributed by atoms with Crippen molar-refractivity contribution in [3.05, 3.63) is 40.4 Å². The topological polar surface area (TPSA) is 54.9 Å². The zero-order chi connectivity index (χ0) is 13.7. The van der Waals surface area contributed by atoms with Crippen molar-refractivity contribution >= 4 is 34.0 Å². The zero-order valence-corrected chi connectivity index (χ0v) is 12.1. The van der Waals surface area contributed by atoms with E-state index < -0.39 is 0 Å². The van der Waals surface area contributed by atoms with E-state index in [9.17, 15) is 4.79 Å². The number of benzene rings is 1. The fourth-order valence-corrected chi connectivity index (χ4v) is 2.38. The molecule has 2 rings (SSSR count). The van der Waals surface area contributed by atoms with E-state index in [0.29, 0.717) is 28.9 Å². The van der Waals surface area contributed by atoms with Crippen LogP contribution >= 0.6 is 22.9 Å². The predicted molar refractivity (Wildman–Crippen MR) is 77.6 cm³/mol. The monoisotopic (exact) mass is 295 g/mol. The number of hydrogen-bond acceptors (Lipinski definition) is 4. The lowest BCUT2D eigenvalue weighted by Gasteiger charge is -2.02. The standard InChI is InChI=1S/C13H14ClN3OS/c1-9-2-4-10(5-3-9)6-7-11(18)15-13-17-16-12(8-14)19-13/h2-5H,6-8H2,1H3,(H,15,17,18). The minimum absolute atomic E-state index is 0.0575. The number of anilines is 1. The highest BCUT2D eigenvalue weighted by Gasteiger charge is 2.07. The molecule has 1 aromatic carbocycles. The Kier molecular flexibility index (Phi) is 4.87. The van der Waals surface area contributed by atoms with Crippen LogP contribution < -0.4 is 5.32 Å². The number of carbonyl (C=O) groups excluding carboxylic acids is 1. The Morgan fingerprint density at radius 2 is 2.05 bits per heavy atom. The van der Waals surface area contributed by atoms with Crippen molar-refractivity contribution < 1.29 is 4.79 Å². The molecule has 0 unspecified atom stereocenters. The van der Waals surface area contributed by atoms with Crippen molar-refractivity contribution in [3.8, 4) is 0 Å². The highest BCUT2D eigenvalue weighted by atomic mass is 35.5. The molecule has 1 heterocycles. The number of halogens is 1. The van der Waals surface area contributed by atoms with Gasteiger partial charge in [-0.15, -0.1) is 21.8 Å². The normalized spacial score (nSPS) is 10.4. The third-order valence-electron chi connectivity index (χ3n) is 2.59. The first-order chi connectivity index (χ1) is 9.17. The largest absolute Gasteiger partial charge is 0.301 e. The van der Waals surface area contributed by atoms with Gasteiger partial charge >= 0.3 is 0 Å². The predicted octanol–water partition coefficient (Wildman–Crippen LogP) is 3.16. The average molecular weight is 296 g/mol. The van der Waals surface area contributed by atoms with Crippen molar-refractivity contribution in [2.45, 2.75) is 25.6 Å². The maximum absolute atomic E-state index is 11.7. The molecule has 0 saturated heterocycles. The smallest absolute Gasteiger partial charge is 0.226 e. The lowest BCUT2D eigenvalue weighted by atomic mass is 10.1. The van der Waals surface area contributed by atoms with Crippen molar-refractivity contribution in [2.24, 2.45) is 0 Å². The van der Waals surface area contributed by atoms with Crippen LogP contribution in [0.4, 0.5) is 5.13 Å². The van der Waals surface area contributed by atoms with Gasteiger partial charge in [0, 0.05) is 6.42 Å². The van der Waals surface area contributed by atoms with E-state index in [1.54, 1.807) is 0 Å². The van der Waals surface area contributed by atoms with E-state index in [4.69, 9.17) is 11.6 Å². The van der Waals surface area contributed by atoms with Crippen molar-refractivity contribution in [1.29, 1.82) is 0 Å². The van der Waals surface area contributed by atoms with Crippen molar-refractivity contribution in [3.63, 3.8) is 0 Å². The second kappa shape index (κ2) is 6.63. The molecule has 19 heavy (non-hydrogen) atoms. The third-order valence-corrected chi connectivity index (χ3v) is 3.84. The van der Waals surface area contributed by atoms with Crippen LogP contribution in [-0.4, -0.2) is 16.1 Å². The molecule has 0 bridgehead atoms. The molecule has 1 amide bonds. The van der Waals surface area contributed by atoms with Crippen LogP contribution in [0, 0.1) is 6.92 Å². The number of nitrogens with zero attached hydrogens (tertiary/aromatic N) is 2. The molecule has 0 spiro atoms. The summed E-state index contributed by atoms with van der Waals surface area (Å²) in [7, 11) is 0. The first-order valence-corrected chi connectivity index (χ1v) is 7.26. The van der Waals surface area contributed by atoms with E-state index in [1.165, 1.54) is 16.9 Å². The Hall–Kier alpha value is -1.46. The SMILES string of the molecule is Cc1ccc(CCC(=O)Nc2nnc(CCl)s2)cc1. The van der Waals surface area contributed by atoms with Gasteiger partial charge in [0.15, 0.2) is 0 Å². The van der Waals surface area contributed by atoms with Crippen LogP contribution in [0.1, 0.15) is 22.6 Å². The van der Waals surface area contributed by atoms with Gasteiger partial charge in [-0.1, -0.05) is 41.2 Å². The number of carbonyl (C=O) groups is 1. The molecular weight excluding hydrogens is 282 g/mol. The lowest BCUT2D eigenvalue weighted by Crippen LogP contribution is -2.12. The van der Waals surface area contributed by atoms with Crippen molar-refractivity contribution in [2.75, 3.05) is 5.32 Å². The maximum Gasteiger partial charge on any atom is 0.226 e. The fourth-order valence-electron chi connectivity index (χ4n) is 1.55. The summed E-state index contributed by atoms with van der Waals surface area (Å²) in [4.78, 5) is 11.7. The first-order valence-electron chi connectivity index (χ1n) is 5.91. The molecule has 4 nitrogen and oxygen atoms in total. The Balaban J connectivity index is 1.82. The number of rotatable bonds is 5. The number of hydrogen-bond donors (Lipinski definition) is 1. The van der Waals surface area contributed by atoms with E-state index in [-0.39, 0.29) is 5.91 Å². The highest BCUT2D eigenvalue weighted by molar-refractivity contribution is 7.15. The summed E-state index contributed by atoms with van der Waals surface area (Å²) >= 11 is 6.92. The molecule has 1 N–H and O–H groups in total. The summed E-state index contributed by atoms with van der Waals surface area (Å²) in [5, 5.41) is 11.6. The van der Waals surface area contributed by atoms with E-state index in [1.807, 2.05) is 31.2 Å². The van der Waals surface area contributed by atoms with Crippen LogP contribution in [0.15, 0.2) is 24.3 Å². The fraction of sp³-hybridized carbons (Fsp3) is 0.308. The number of nitrogens with one attached hydrogen (secondary N) is 1. The number of aromatic nitrogens is 2. The number of aryl methyl sites for hydroxylation is 2. The number of amides is 1. The molecule has 0 atom stereocenters. The molecule has 100 valence electrons. The van der Waals surface area contributed by atoms with Gasteiger partial charge in [0.1, 0.15) is 5.01 Å². The summed E-state index contributed by atoms with van der Waals surface area (Å²) in [6.45, 7) is 2.04. The van der Waals surface area contributed by atoms with E-state index in [2.05, 4.69) is 15.5 Å². The molecular formula is C13H14ClN3OS. The maximum atomic E-state index is 11.7. The molecule has 0 aliphatic rings. The molecule has 0 fully saturated rings. The van der Waals surface area contributed by atoms with E-state index >= 15 is 0 Å². The van der Waals surface area contributed by atoms with Gasteiger partial charge < -0.3 is 5.32 Å². The first kappa shape index (κ1) is 14.0. The summed E-state index contributed by atoms with van der Waals surface area (Å²) in [5.74, 6) is 0.259. The summed E-state index contributed by atoms with van der Waals surface area (Å²) in [5.41, 5.74) is 2.37. The van der Waals surface area contributed by atoms with Crippen LogP contribution in [0.5, 0.6) is 0 Å². The Morgan fingerprint density at radius 1 is 1.32 bits per heavy atom. The van der Waals surface area contributed by atoms with Gasteiger partial charge in [0.2, 0.25) is 11.0 Å². The quantitative estimate of drug-likeness (QED) is 0.862. The van der Waals surface area contributed by atoms with Gasteiger partial charge in [0.05, 0.1) is 5.88 Å². The second-order valence-electron chi connectivity index (χ2n) is 4.17. The Morgan fingerprint density at radius 3 is 2.68 bits per heavy atom. The van der Waals surface area contributed by atoms with Crippen LogP contribution in [-0.2, 0) is 17.1 Å². The lowest BCUT2D eigenvalue weighted by molar-refractivity contribution is -0.116. The average Bonchev–Trinajstić information content (AvgIpc) is 2.86. The molecule has 0 aliphatic heterocycles. The molecule has 2 aromatic rings. The molecule has 1 aromatic heterocycles. The van der Waals surface area contributed by atoms with Gasteiger partial charge in [-0.05, 0) is 18.9 Å². The third kappa shape index (κ3) is 4.29. The Bertz CT molecular complexity index is 553. The Labute approximate surface area is 120 Å². The van der Waals surface area contributed by atoms with Gasteiger partial charge in [0.25, 0.3) is 0 Å². The number of alkyl halides is 1. The highest BCUT2D eigenvalue weighted by Crippen LogP contribution is 2.17. The van der Waals surface area contributed by atoms with Gasteiger partial charge in [-0.2, -0.15) is 0 Å². The van der Waals surface area contributed by atoms with Crippen LogP contribution in [0.25, 0.3) is 0 Å². The molecule has 0 saturated carbocycles. The summed E-state index contributed by atoms with van der Waals surface area (Å²) in [6.07, 6.45) is 1.14. The summed E-state index contributed by atoms with van der Waals surface area (Å²) in [6, 6.07) is 8.17. The molecule has 0 radical (unpaired) electrons. The molecule has 6 heteroatoms. The van der Waals surface area contributed by atoms with Gasteiger partial charge in [-0.25, -0.2) is 0 Å². The van der Waals surface area contributed by atoms with Gasteiger partial charge in [-0.3, -0.25) is 4.79 Å². The zero-order valence-electron chi connectivity index (χ0n) is 10.5. The van der Waals surface area contributed by atoms with Crippen LogP contribution in [0.2, 0.25) is 0 Å². The minimum Gasteiger partial charge on any atom is -0.301 e.